The minimum absolute atomic E-state index is 0.0221. The molecule has 0 aliphatic carbocycles. The molecule has 18 heavy (non-hydrogen) atoms. The first kappa shape index (κ1) is 12.6. The summed E-state index contributed by atoms with van der Waals surface area (Å²) < 4.78 is 50.6. The standard InChI is InChI=1S/C12H9F4NO/c13-9-4-3-7(6-8(9)12(14,15)16)11(18)10-2-1-5-17-10/h1-6,11,17-18H. The zero-order valence-electron chi connectivity index (χ0n) is 9.00. The van der Waals surface area contributed by atoms with Crippen molar-refractivity contribution in [2.24, 2.45) is 0 Å². The van der Waals surface area contributed by atoms with Gasteiger partial charge in [-0.05, 0) is 29.8 Å². The van der Waals surface area contributed by atoms with Gasteiger partial charge in [0, 0.05) is 11.9 Å². The van der Waals surface area contributed by atoms with E-state index in [0.29, 0.717) is 17.8 Å². The summed E-state index contributed by atoms with van der Waals surface area (Å²) in [6.07, 6.45) is -4.50. The van der Waals surface area contributed by atoms with Gasteiger partial charge in [-0.15, -0.1) is 0 Å². The molecule has 0 fully saturated rings. The Morgan fingerprint density at radius 2 is 1.89 bits per heavy atom. The summed E-state index contributed by atoms with van der Waals surface area (Å²) >= 11 is 0. The van der Waals surface area contributed by atoms with Gasteiger partial charge in [0.15, 0.2) is 0 Å². The monoisotopic (exact) mass is 259 g/mol. The predicted octanol–water partition coefficient (Wildman–Crippen LogP) is 3.25. The maximum Gasteiger partial charge on any atom is 0.419 e. The van der Waals surface area contributed by atoms with Crippen LogP contribution in [0.4, 0.5) is 17.6 Å². The molecule has 1 aromatic carbocycles. The summed E-state index contributed by atoms with van der Waals surface area (Å²) in [4.78, 5) is 2.68. The Bertz CT molecular complexity index is 534. The van der Waals surface area contributed by atoms with Gasteiger partial charge in [0.1, 0.15) is 11.9 Å². The molecule has 6 heteroatoms. The molecule has 0 saturated heterocycles. The summed E-state index contributed by atoms with van der Waals surface area (Å²) in [6, 6.07) is 5.56. The number of halogens is 4. The Labute approximate surface area is 99.9 Å². The molecule has 1 atom stereocenters. The van der Waals surface area contributed by atoms with E-state index < -0.39 is 23.7 Å². The fourth-order valence-electron chi connectivity index (χ4n) is 1.62. The number of nitrogens with one attached hydrogen (secondary N) is 1. The van der Waals surface area contributed by atoms with E-state index in [1.807, 2.05) is 0 Å². The molecule has 1 aromatic heterocycles. The maximum absolute atomic E-state index is 13.1. The molecule has 2 nitrogen and oxygen atoms in total. The molecular formula is C12H9F4NO. The highest BCUT2D eigenvalue weighted by Gasteiger charge is 2.34. The summed E-state index contributed by atoms with van der Waals surface area (Å²) in [6.45, 7) is 0. The van der Waals surface area contributed by atoms with E-state index in [9.17, 15) is 22.7 Å². The maximum atomic E-state index is 13.1. The van der Waals surface area contributed by atoms with Crippen molar-refractivity contribution in [3.63, 3.8) is 0 Å². The molecule has 0 radical (unpaired) electrons. The SMILES string of the molecule is OC(c1ccc(F)c(C(F)(F)F)c1)c1ccc[nH]1. The van der Waals surface area contributed by atoms with Gasteiger partial charge >= 0.3 is 6.18 Å². The summed E-state index contributed by atoms with van der Waals surface area (Å²) in [7, 11) is 0. The number of benzene rings is 1. The van der Waals surface area contributed by atoms with Crippen LogP contribution in [0, 0.1) is 5.82 Å². The Kier molecular flexibility index (Phi) is 3.13. The highest BCUT2D eigenvalue weighted by Crippen LogP contribution is 2.33. The summed E-state index contributed by atoms with van der Waals surface area (Å²) in [5, 5.41) is 9.84. The number of aliphatic hydroxyl groups excluding tert-OH is 1. The molecule has 1 heterocycles. The van der Waals surface area contributed by atoms with E-state index >= 15 is 0 Å². The van der Waals surface area contributed by atoms with Gasteiger partial charge < -0.3 is 10.1 Å². The molecule has 96 valence electrons. The van der Waals surface area contributed by atoms with Gasteiger partial charge in [0.05, 0.1) is 5.56 Å². The lowest BCUT2D eigenvalue weighted by Crippen LogP contribution is -2.10. The topological polar surface area (TPSA) is 36.0 Å². The fraction of sp³-hybridized carbons (Fsp3) is 0.167. The van der Waals surface area contributed by atoms with Crippen LogP contribution < -0.4 is 0 Å². The van der Waals surface area contributed by atoms with Crippen molar-refractivity contribution < 1.29 is 22.7 Å². The predicted molar refractivity (Wildman–Crippen MR) is 56.3 cm³/mol. The third kappa shape index (κ3) is 2.38. The molecule has 0 aliphatic heterocycles. The van der Waals surface area contributed by atoms with Crippen molar-refractivity contribution in [2.45, 2.75) is 12.3 Å². The van der Waals surface area contributed by atoms with Gasteiger partial charge in [0.2, 0.25) is 0 Å². The van der Waals surface area contributed by atoms with Crippen LogP contribution in [0.15, 0.2) is 36.5 Å². The Balaban J connectivity index is 2.42. The van der Waals surface area contributed by atoms with E-state index in [4.69, 9.17) is 0 Å². The zero-order valence-corrected chi connectivity index (χ0v) is 9.00. The lowest BCUT2D eigenvalue weighted by Gasteiger charge is -2.13. The first-order valence-electron chi connectivity index (χ1n) is 5.07. The minimum atomic E-state index is -4.78. The molecule has 2 N–H and O–H groups in total. The van der Waals surface area contributed by atoms with Crippen LogP contribution in [-0.2, 0) is 6.18 Å². The van der Waals surface area contributed by atoms with E-state index in [-0.39, 0.29) is 5.56 Å². The second-order valence-electron chi connectivity index (χ2n) is 3.77. The number of aromatic amines is 1. The van der Waals surface area contributed by atoms with Crippen LogP contribution in [0.1, 0.15) is 22.9 Å². The van der Waals surface area contributed by atoms with Crippen molar-refractivity contribution in [3.05, 3.63) is 59.2 Å². The molecule has 0 bridgehead atoms. The quantitative estimate of drug-likeness (QED) is 0.798. The average molecular weight is 259 g/mol. The third-order valence-corrected chi connectivity index (χ3v) is 2.53. The minimum Gasteiger partial charge on any atom is -0.382 e. The number of aliphatic hydroxyl groups is 1. The smallest absolute Gasteiger partial charge is 0.382 e. The second-order valence-corrected chi connectivity index (χ2v) is 3.77. The van der Waals surface area contributed by atoms with E-state index in [1.165, 1.54) is 12.3 Å². The van der Waals surface area contributed by atoms with Gasteiger partial charge in [-0.25, -0.2) is 4.39 Å². The van der Waals surface area contributed by atoms with Crippen LogP contribution in [0.2, 0.25) is 0 Å². The van der Waals surface area contributed by atoms with E-state index in [0.717, 1.165) is 6.07 Å². The highest BCUT2D eigenvalue weighted by molar-refractivity contribution is 5.32. The summed E-state index contributed by atoms with van der Waals surface area (Å²) in [5.74, 6) is -1.36. The van der Waals surface area contributed by atoms with Gasteiger partial charge in [-0.2, -0.15) is 13.2 Å². The van der Waals surface area contributed by atoms with Crippen molar-refractivity contribution >= 4 is 0 Å². The highest BCUT2D eigenvalue weighted by atomic mass is 19.4. The number of rotatable bonds is 2. The number of alkyl halides is 3. The van der Waals surface area contributed by atoms with Gasteiger partial charge in [0.25, 0.3) is 0 Å². The number of hydrogen-bond donors (Lipinski definition) is 2. The normalized spacial score (nSPS) is 13.6. The summed E-state index contributed by atoms with van der Waals surface area (Å²) in [5.41, 5.74) is -1.06. The molecule has 2 aromatic rings. The first-order valence-corrected chi connectivity index (χ1v) is 5.07. The van der Waals surface area contributed by atoms with Gasteiger partial charge in [-0.3, -0.25) is 0 Å². The molecule has 0 amide bonds. The van der Waals surface area contributed by atoms with Crippen LogP contribution in [0.5, 0.6) is 0 Å². The molecule has 1 unspecified atom stereocenters. The first-order chi connectivity index (χ1) is 8.39. The van der Waals surface area contributed by atoms with E-state index in [2.05, 4.69) is 4.98 Å². The Morgan fingerprint density at radius 1 is 1.17 bits per heavy atom. The van der Waals surface area contributed by atoms with Crippen LogP contribution in [0.3, 0.4) is 0 Å². The lowest BCUT2D eigenvalue weighted by atomic mass is 10.0. The van der Waals surface area contributed by atoms with Crippen LogP contribution in [0.25, 0.3) is 0 Å². The molecule has 0 saturated carbocycles. The molecule has 0 spiro atoms. The molecule has 2 rings (SSSR count). The number of H-pyrrole nitrogens is 1. The number of aromatic nitrogens is 1. The van der Waals surface area contributed by atoms with E-state index in [1.54, 1.807) is 6.07 Å². The van der Waals surface area contributed by atoms with Crippen LogP contribution in [-0.4, -0.2) is 10.1 Å². The molecular weight excluding hydrogens is 250 g/mol. The average Bonchev–Trinajstić information content (AvgIpc) is 2.80. The van der Waals surface area contributed by atoms with Crippen molar-refractivity contribution in [3.8, 4) is 0 Å². The Morgan fingerprint density at radius 3 is 2.44 bits per heavy atom. The third-order valence-electron chi connectivity index (χ3n) is 2.53. The van der Waals surface area contributed by atoms with Crippen molar-refractivity contribution in [1.29, 1.82) is 0 Å². The van der Waals surface area contributed by atoms with Gasteiger partial charge in [-0.1, -0.05) is 6.07 Å². The largest absolute Gasteiger partial charge is 0.419 e. The van der Waals surface area contributed by atoms with Crippen molar-refractivity contribution in [1.82, 2.24) is 4.98 Å². The fourth-order valence-corrected chi connectivity index (χ4v) is 1.62. The second kappa shape index (κ2) is 4.45. The lowest BCUT2D eigenvalue weighted by molar-refractivity contribution is -0.140. The number of hydrogen-bond acceptors (Lipinski definition) is 1. The zero-order chi connectivity index (χ0) is 13.3. The van der Waals surface area contributed by atoms with Crippen molar-refractivity contribution in [2.75, 3.05) is 0 Å². The van der Waals surface area contributed by atoms with Crippen LogP contribution >= 0.6 is 0 Å². The molecule has 0 aliphatic rings. The Hall–Kier alpha value is -1.82.